The first-order valence-corrected chi connectivity index (χ1v) is 5.93. The Bertz CT molecular complexity index is 723. The number of benzene rings is 2. The van der Waals surface area contributed by atoms with E-state index in [0.29, 0.717) is 0 Å². The Morgan fingerprint density at radius 2 is 1.61 bits per heavy atom. The summed E-state index contributed by atoms with van der Waals surface area (Å²) in [7, 11) is 0. The quantitative estimate of drug-likeness (QED) is 0.680. The number of rotatable bonds is 1. The highest BCUT2D eigenvalue weighted by Gasteiger charge is 2.11. The summed E-state index contributed by atoms with van der Waals surface area (Å²) in [5.74, 6) is 0.281. The summed E-state index contributed by atoms with van der Waals surface area (Å²) in [6, 6.07) is 11.7. The monoisotopic (exact) mass is 238 g/mol. The standard InChI is InChI=1S/C16H14O2/c1-10-4-6-15(17)13(7-10)14-9-18-16-8-11(2)3-5-12(14)16/h3-9,17H,1-2H3. The zero-order valence-corrected chi connectivity index (χ0v) is 10.4. The van der Waals surface area contributed by atoms with Gasteiger partial charge in [0.2, 0.25) is 0 Å². The molecule has 0 amide bonds. The first-order chi connectivity index (χ1) is 8.65. The molecule has 2 nitrogen and oxygen atoms in total. The molecule has 90 valence electrons. The molecule has 0 saturated carbocycles. The smallest absolute Gasteiger partial charge is 0.134 e. The van der Waals surface area contributed by atoms with Crippen molar-refractivity contribution in [2.75, 3.05) is 0 Å². The highest BCUT2D eigenvalue weighted by atomic mass is 16.3. The minimum Gasteiger partial charge on any atom is -0.507 e. The molecule has 0 aliphatic heterocycles. The Morgan fingerprint density at radius 1 is 0.889 bits per heavy atom. The molecule has 0 spiro atoms. The van der Waals surface area contributed by atoms with Crippen molar-refractivity contribution >= 4 is 11.0 Å². The number of furan rings is 1. The molecule has 2 aromatic carbocycles. The second-order valence-corrected chi connectivity index (χ2v) is 4.67. The molecule has 1 aromatic heterocycles. The van der Waals surface area contributed by atoms with Gasteiger partial charge < -0.3 is 9.52 Å². The highest BCUT2D eigenvalue weighted by molar-refractivity contribution is 5.95. The predicted molar refractivity (Wildman–Crippen MR) is 72.8 cm³/mol. The van der Waals surface area contributed by atoms with Crippen LogP contribution in [0.3, 0.4) is 0 Å². The maximum atomic E-state index is 9.98. The van der Waals surface area contributed by atoms with Crippen LogP contribution in [-0.2, 0) is 0 Å². The summed E-state index contributed by atoms with van der Waals surface area (Å²) in [5.41, 5.74) is 4.89. The maximum absolute atomic E-state index is 9.98. The van der Waals surface area contributed by atoms with Crippen molar-refractivity contribution in [2.24, 2.45) is 0 Å². The minimum absolute atomic E-state index is 0.281. The number of hydrogen-bond donors (Lipinski definition) is 1. The van der Waals surface area contributed by atoms with Gasteiger partial charge in [-0.05, 0) is 37.6 Å². The van der Waals surface area contributed by atoms with E-state index in [1.807, 2.05) is 44.2 Å². The number of aromatic hydroxyl groups is 1. The number of phenolic OH excluding ortho intramolecular Hbond substituents is 1. The summed E-state index contributed by atoms with van der Waals surface area (Å²) in [6.07, 6.45) is 1.71. The van der Waals surface area contributed by atoms with E-state index in [1.54, 1.807) is 12.3 Å². The Hall–Kier alpha value is -2.22. The number of phenols is 1. The van der Waals surface area contributed by atoms with E-state index in [4.69, 9.17) is 4.42 Å². The molecule has 3 rings (SSSR count). The lowest BCUT2D eigenvalue weighted by Gasteiger charge is -2.04. The fourth-order valence-corrected chi connectivity index (χ4v) is 2.21. The number of fused-ring (bicyclic) bond motifs is 1. The van der Waals surface area contributed by atoms with Gasteiger partial charge in [-0.2, -0.15) is 0 Å². The van der Waals surface area contributed by atoms with Crippen LogP contribution in [0.4, 0.5) is 0 Å². The molecule has 0 aliphatic carbocycles. The van der Waals surface area contributed by atoms with Crippen molar-refractivity contribution in [3.8, 4) is 16.9 Å². The van der Waals surface area contributed by atoms with E-state index < -0.39 is 0 Å². The first kappa shape index (κ1) is 10.9. The molecule has 1 heterocycles. The van der Waals surface area contributed by atoms with Gasteiger partial charge in [0.25, 0.3) is 0 Å². The van der Waals surface area contributed by atoms with Crippen LogP contribution < -0.4 is 0 Å². The zero-order valence-electron chi connectivity index (χ0n) is 10.4. The van der Waals surface area contributed by atoms with Crippen molar-refractivity contribution in [2.45, 2.75) is 13.8 Å². The van der Waals surface area contributed by atoms with Crippen LogP contribution in [0.1, 0.15) is 11.1 Å². The lowest BCUT2D eigenvalue weighted by atomic mass is 10.0. The van der Waals surface area contributed by atoms with Crippen LogP contribution >= 0.6 is 0 Å². The SMILES string of the molecule is Cc1ccc(O)c(-c2coc3cc(C)ccc23)c1. The van der Waals surface area contributed by atoms with Crippen LogP contribution in [0.15, 0.2) is 47.1 Å². The fourth-order valence-electron chi connectivity index (χ4n) is 2.21. The van der Waals surface area contributed by atoms with Gasteiger partial charge >= 0.3 is 0 Å². The first-order valence-electron chi connectivity index (χ1n) is 5.93. The van der Waals surface area contributed by atoms with E-state index >= 15 is 0 Å². The van der Waals surface area contributed by atoms with Crippen molar-refractivity contribution in [1.82, 2.24) is 0 Å². The molecule has 0 atom stereocenters. The molecule has 0 aliphatic rings. The van der Waals surface area contributed by atoms with Crippen molar-refractivity contribution in [3.63, 3.8) is 0 Å². The summed E-state index contributed by atoms with van der Waals surface area (Å²) < 4.78 is 5.57. The van der Waals surface area contributed by atoms with Crippen molar-refractivity contribution < 1.29 is 9.52 Å². The molecule has 0 fully saturated rings. The van der Waals surface area contributed by atoms with Gasteiger partial charge in [0, 0.05) is 16.5 Å². The third-order valence-corrected chi connectivity index (χ3v) is 3.17. The third kappa shape index (κ3) is 1.66. The molecule has 0 saturated heterocycles. The molecule has 0 unspecified atom stereocenters. The summed E-state index contributed by atoms with van der Waals surface area (Å²) in [4.78, 5) is 0. The summed E-state index contributed by atoms with van der Waals surface area (Å²) in [6.45, 7) is 4.04. The molecular weight excluding hydrogens is 224 g/mol. The van der Waals surface area contributed by atoms with Crippen molar-refractivity contribution in [3.05, 3.63) is 53.8 Å². The number of aryl methyl sites for hydroxylation is 2. The van der Waals surface area contributed by atoms with Gasteiger partial charge in [0.05, 0.1) is 6.26 Å². The Labute approximate surface area is 105 Å². The molecule has 2 heteroatoms. The summed E-state index contributed by atoms with van der Waals surface area (Å²) in [5, 5.41) is 11.0. The van der Waals surface area contributed by atoms with Gasteiger partial charge in [-0.3, -0.25) is 0 Å². The van der Waals surface area contributed by atoms with Gasteiger partial charge in [-0.15, -0.1) is 0 Å². The third-order valence-electron chi connectivity index (χ3n) is 3.17. The second kappa shape index (κ2) is 3.91. The van der Waals surface area contributed by atoms with Gasteiger partial charge in [0.1, 0.15) is 11.3 Å². The highest BCUT2D eigenvalue weighted by Crippen LogP contribution is 2.36. The van der Waals surface area contributed by atoms with Crippen LogP contribution in [0.5, 0.6) is 5.75 Å². The number of hydrogen-bond acceptors (Lipinski definition) is 2. The zero-order chi connectivity index (χ0) is 12.7. The van der Waals surface area contributed by atoms with E-state index in [0.717, 1.165) is 33.2 Å². The van der Waals surface area contributed by atoms with E-state index in [2.05, 4.69) is 0 Å². The van der Waals surface area contributed by atoms with Gasteiger partial charge in [0.15, 0.2) is 0 Å². The molecule has 3 aromatic rings. The molecular formula is C16H14O2. The van der Waals surface area contributed by atoms with E-state index in [-0.39, 0.29) is 5.75 Å². The molecule has 18 heavy (non-hydrogen) atoms. The second-order valence-electron chi connectivity index (χ2n) is 4.67. The normalized spacial score (nSPS) is 11.0. The Balaban J connectivity index is 2.28. The van der Waals surface area contributed by atoms with Crippen molar-refractivity contribution in [1.29, 1.82) is 0 Å². The Morgan fingerprint density at radius 3 is 2.44 bits per heavy atom. The van der Waals surface area contributed by atoms with Gasteiger partial charge in [-0.25, -0.2) is 0 Å². The maximum Gasteiger partial charge on any atom is 0.134 e. The predicted octanol–water partition coefficient (Wildman–Crippen LogP) is 4.42. The fraction of sp³-hybridized carbons (Fsp3) is 0.125. The van der Waals surface area contributed by atoms with Crippen LogP contribution in [-0.4, -0.2) is 5.11 Å². The van der Waals surface area contributed by atoms with Crippen LogP contribution in [0, 0.1) is 13.8 Å². The topological polar surface area (TPSA) is 33.4 Å². The van der Waals surface area contributed by atoms with Crippen LogP contribution in [0.2, 0.25) is 0 Å². The minimum atomic E-state index is 0.281. The average molecular weight is 238 g/mol. The molecule has 0 radical (unpaired) electrons. The molecule has 0 bridgehead atoms. The average Bonchev–Trinajstić information content (AvgIpc) is 2.75. The largest absolute Gasteiger partial charge is 0.507 e. The van der Waals surface area contributed by atoms with Gasteiger partial charge in [-0.1, -0.05) is 23.8 Å². The molecule has 1 N–H and O–H groups in total. The lowest BCUT2D eigenvalue weighted by molar-refractivity contribution is 0.477. The van der Waals surface area contributed by atoms with E-state index in [9.17, 15) is 5.11 Å². The van der Waals surface area contributed by atoms with Crippen LogP contribution in [0.25, 0.3) is 22.1 Å². The Kier molecular flexibility index (Phi) is 2.37. The van der Waals surface area contributed by atoms with E-state index in [1.165, 1.54) is 0 Å². The summed E-state index contributed by atoms with van der Waals surface area (Å²) >= 11 is 0. The lowest BCUT2D eigenvalue weighted by Crippen LogP contribution is -1.80.